The van der Waals surface area contributed by atoms with Gasteiger partial charge in [-0.05, 0) is 25.1 Å². The van der Waals surface area contributed by atoms with Gasteiger partial charge >= 0.3 is 0 Å². The molecular weight excluding hydrogens is 296 g/mol. The van der Waals surface area contributed by atoms with E-state index in [1.54, 1.807) is 6.92 Å². The Hall–Kier alpha value is -0.630. The van der Waals surface area contributed by atoms with Gasteiger partial charge in [-0.3, -0.25) is 4.21 Å². The Kier molecular flexibility index (Phi) is 5.15. The fourth-order valence-electron chi connectivity index (χ4n) is 1.12. The van der Waals surface area contributed by atoms with E-state index in [0.29, 0.717) is 5.02 Å². The normalized spacial score (nSPS) is 15.3. The fourth-order valence-corrected chi connectivity index (χ4v) is 2.82. The summed E-state index contributed by atoms with van der Waals surface area (Å²) in [6.07, 6.45) is 1.53. The summed E-state index contributed by atoms with van der Waals surface area (Å²) < 4.78 is 37.3. The van der Waals surface area contributed by atoms with Gasteiger partial charge in [0.15, 0.2) is 0 Å². The largest absolute Gasteiger partial charge is 0.397 e. The molecule has 0 bridgehead atoms. The first-order chi connectivity index (χ1) is 8.24. The zero-order valence-corrected chi connectivity index (χ0v) is 12.4. The molecule has 2 unspecified atom stereocenters. The van der Waals surface area contributed by atoms with E-state index in [-0.39, 0.29) is 22.4 Å². The minimum absolute atomic E-state index is 0.0403. The number of hydrogen-bond acceptors (Lipinski definition) is 4. The number of halogens is 1. The van der Waals surface area contributed by atoms with Gasteiger partial charge in [0.25, 0.3) is 0 Å². The molecule has 0 aliphatic carbocycles. The fraction of sp³-hybridized carbons (Fsp3) is 0.400. The third kappa shape index (κ3) is 3.94. The zero-order valence-electron chi connectivity index (χ0n) is 10.0. The lowest BCUT2D eigenvalue weighted by Gasteiger charge is -2.11. The van der Waals surface area contributed by atoms with Crippen molar-refractivity contribution in [1.29, 1.82) is 0 Å². The van der Waals surface area contributed by atoms with Crippen molar-refractivity contribution in [3.05, 3.63) is 23.2 Å². The summed E-state index contributed by atoms with van der Waals surface area (Å²) in [5, 5.41) is 0.0430. The minimum atomic E-state index is -3.65. The van der Waals surface area contributed by atoms with Crippen molar-refractivity contribution in [2.24, 2.45) is 0 Å². The van der Waals surface area contributed by atoms with Crippen molar-refractivity contribution in [1.82, 2.24) is 4.72 Å². The molecule has 0 heterocycles. The van der Waals surface area contributed by atoms with Gasteiger partial charge in [0.2, 0.25) is 10.0 Å². The van der Waals surface area contributed by atoms with Crippen molar-refractivity contribution >= 4 is 38.1 Å². The van der Waals surface area contributed by atoms with Crippen LogP contribution in [0.4, 0.5) is 5.69 Å². The van der Waals surface area contributed by atoms with E-state index in [1.165, 1.54) is 24.5 Å². The van der Waals surface area contributed by atoms with Crippen LogP contribution in [0.15, 0.2) is 23.1 Å². The summed E-state index contributed by atoms with van der Waals surface area (Å²) in [5.41, 5.74) is 5.75. The number of nitrogens with two attached hydrogens (primary N) is 1. The number of sulfonamides is 1. The molecule has 1 rings (SSSR count). The van der Waals surface area contributed by atoms with Gasteiger partial charge in [0.1, 0.15) is 0 Å². The van der Waals surface area contributed by atoms with Crippen molar-refractivity contribution < 1.29 is 12.6 Å². The van der Waals surface area contributed by atoms with Crippen LogP contribution in [0.2, 0.25) is 5.02 Å². The molecule has 1 aromatic rings. The van der Waals surface area contributed by atoms with Crippen molar-refractivity contribution in [2.75, 3.05) is 18.5 Å². The number of nitrogens with one attached hydrogen (secondary N) is 1. The molecule has 0 aliphatic rings. The number of rotatable bonds is 5. The highest BCUT2D eigenvalue weighted by Gasteiger charge is 2.17. The molecule has 8 heteroatoms. The Bertz CT molecular complexity index is 560. The highest BCUT2D eigenvalue weighted by Crippen LogP contribution is 2.22. The van der Waals surface area contributed by atoms with E-state index < -0.39 is 20.8 Å². The first-order valence-corrected chi connectivity index (χ1v) is 8.59. The minimum Gasteiger partial charge on any atom is -0.397 e. The Labute approximate surface area is 114 Å². The molecule has 2 atom stereocenters. The molecule has 3 N–H and O–H groups in total. The first-order valence-electron chi connectivity index (χ1n) is 5.11. The van der Waals surface area contributed by atoms with E-state index >= 15 is 0 Å². The Morgan fingerprint density at radius 2 is 2.11 bits per heavy atom. The summed E-state index contributed by atoms with van der Waals surface area (Å²) in [4.78, 5) is 0.0403. The molecule has 0 radical (unpaired) electrons. The Morgan fingerprint density at radius 1 is 1.50 bits per heavy atom. The highest BCUT2D eigenvalue weighted by molar-refractivity contribution is 7.89. The lowest BCUT2D eigenvalue weighted by molar-refractivity contribution is 0.580. The topological polar surface area (TPSA) is 89.3 Å². The Balaban J connectivity index is 2.87. The van der Waals surface area contributed by atoms with Crippen LogP contribution < -0.4 is 10.5 Å². The van der Waals surface area contributed by atoms with Crippen LogP contribution in [0.5, 0.6) is 0 Å². The summed E-state index contributed by atoms with van der Waals surface area (Å²) in [6, 6.07) is 4.08. The van der Waals surface area contributed by atoms with E-state index in [9.17, 15) is 12.6 Å². The number of hydrogen-bond donors (Lipinski definition) is 2. The second-order valence-electron chi connectivity index (χ2n) is 3.84. The lowest BCUT2D eigenvalue weighted by atomic mass is 10.3. The maximum Gasteiger partial charge on any atom is 0.240 e. The molecule has 0 saturated carbocycles. The van der Waals surface area contributed by atoms with Gasteiger partial charge in [-0.2, -0.15) is 0 Å². The molecule has 0 spiro atoms. The van der Waals surface area contributed by atoms with Crippen molar-refractivity contribution in [2.45, 2.75) is 17.1 Å². The summed E-state index contributed by atoms with van der Waals surface area (Å²) in [5.74, 6) is 0. The third-order valence-corrected chi connectivity index (χ3v) is 5.47. The SMILES string of the molecule is CC(CNS(=O)(=O)c1ccc(Cl)c(N)c1)S(C)=O. The number of anilines is 1. The van der Waals surface area contributed by atoms with Gasteiger partial charge in [0.05, 0.1) is 15.6 Å². The molecule has 0 amide bonds. The predicted molar refractivity (Wildman–Crippen MR) is 74.6 cm³/mol. The van der Waals surface area contributed by atoms with Gasteiger partial charge in [0, 0.05) is 28.9 Å². The van der Waals surface area contributed by atoms with Crippen molar-refractivity contribution in [3.8, 4) is 0 Å². The molecule has 0 aromatic heterocycles. The predicted octanol–water partition coefficient (Wildman–Crippen LogP) is 0.968. The van der Waals surface area contributed by atoms with E-state index in [2.05, 4.69) is 4.72 Å². The molecule has 0 fully saturated rings. The summed E-state index contributed by atoms with van der Waals surface area (Å²) >= 11 is 5.72. The molecule has 5 nitrogen and oxygen atoms in total. The molecule has 102 valence electrons. The van der Waals surface area contributed by atoms with Crippen LogP contribution >= 0.6 is 11.6 Å². The molecule has 18 heavy (non-hydrogen) atoms. The van der Waals surface area contributed by atoms with E-state index in [4.69, 9.17) is 17.3 Å². The van der Waals surface area contributed by atoms with Crippen molar-refractivity contribution in [3.63, 3.8) is 0 Å². The van der Waals surface area contributed by atoms with E-state index in [0.717, 1.165) is 0 Å². The summed E-state index contributed by atoms with van der Waals surface area (Å²) in [7, 11) is -4.73. The maximum absolute atomic E-state index is 11.9. The second kappa shape index (κ2) is 6.01. The van der Waals surface area contributed by atoms with E-state index in [1.807, 2.05) is 0 Å². The van der Waals surface area contributed by atoms with Gasteiger partial charge < -0.3 is 5.73 Å². The monoisotopic (exact) mass is 310 g/mol. The summed E-state index contributed by atoms with van der Waals surface area (Å²) in [6.45, 7) is 1.81. The van der Waals surface area contributed by atoms with Gasteiger partial charge in [-0.25, -0.2) is 13.1 Å². The van der Waals surface area contributed by atoms with Crippen LogP contribution in [0, 0.1) is 0 Å². The molecular formula is C10H15ClN2O3S2. The molecule has 1 aromatic carbocycles. The van der Waals surface area contributed by atoms with Crippen LogP contribution in [0.1, 0.15) is 6.92 Å². The van der Waals surface area contributed by atoms with Crippen LogP contribution in [-0.4, -0.2) is 30.7 Å². The Morgan fingerprint density at radius 3 is 2.61 bits per heavy atom. The van der Waals surface area contributed by atoms with Gasteiger partial charge in [-0.1, -0.05) is 11.6 Å². The zero-order chi connectivity index (χ0) is 13.9. The standard InChI is InChI=1S/C10H15ClN2O3S2/c1-7(17(2)14)6-13-18(15,16)8-3-4-9(11)10(12)5-8/h3-5,7,13H,6,12H2,1-2H3. The smallest absolute Gasteiger partial charge is 0.240 e. The average Bonchev–Trinajstić information content (AvgIpc) is 2.29. The van der Waals surface area contributed by atoms with Crippen LogP contribution in [0.3, 0.4) is 0 Å². The third-order valence-electron chi connectivity index (χ3n) is 2.41. The number of benzene rings is 1. The average molecular weight is 311 g/mol. The first kappa shape index (κ1) is 15.4. The second-order valence-corrected chi connectivity index (χ2v) is 7.82. The lowest BCUT2D eigenvalue weighted by Crippen LogP contribution is -2.32. The molecule has 0 saturated heterocycles. The number of nitrogen functional groups attached to an aromatic ring is 1. The van der Waals surface area contributed by atoms with Gasteiger partial charge in [-0.15, -0.1) is 0 Å². The quantitative estimate of drug-likeness (QED) is 0.793. The van der Waals surface area contributed by atoms with Crippen LogP contribution in [0.25, 0.3) is 0 Å². The van der Waals surface area contributed by atoms with Crippen LogP contribution in [-0.2, 0) is 20.8 Å². The highest BCUT2D eigenvalue weighted by atomic mass is 35.5. The molecule has 0 aliphatic heterocycles. The maximum atomic E-state index is 11.9.